The number of hydrogen-bond donors (Lipinski definition) is 0. The Morgan fingerprint density at radius 3 is 2.32 bits per heavy atom. The largest absolute Gasteiger partial charge is 0.490 e. The standard InChI is InChI=1S/C25H20N2O6S/c28-24-23(34-25(29)26(24)17-19-8-4-5-12-22(19)27(30)31)16-18-7-6-11-21(15-18)33-14-13-32-20-9-2-1-3-10-20/h1-12,15-16H,13-14,17H2/b23-16+. The zero-order valence-electron chi connectivity index (χ0n) is 18.0. The number of ether oxygens (including phenoxy) is 2. The summed E-state index contributed by atoms with van der Waals surface area (Å²) in [6, 6.07) is 22.6. The van der Waals surface area contributed by atoms with Crippen LogP contribution >= 0.6 is 11.8 Å². The average Bonchev–Trinajstić information content (AvgIpc) is 3.10. The quantitative estimate of drug-likeness (QED) is 0.179. The number of nitro groups is 1. The number of nitrogens with zero attached hydrogens (tertiary/aromatic N) is 2. The Bertz CT molecular complexity index is 1240. The number of thioether (sulfide) groups is 1. The van der Waals surface area contributed by atoms with Gasteiger partial charge >= 0.3 is 0 Å². The SMILES string of the molecule is O=C1S/C(=C/c2cccc(OCCOc3ccccc3)c2)C(=O)N1Cc1ccccc1[N+](=O)[O-]. The van der Waals surface area contributed by atoms with Crippen molar-refractivity contribution >= 4 is 34.7 Å². The first kappa shape index (κ1) is 23.1. The van der Waals surface area contributed by atoms with Crippen molar-refractivity contribution in [2.75, 3.05) is 13.2 Å². The van der Waals surface area contributed by atoms with Crippen LogP contribution in [0.5, 0.6) is 11.5 Å². The van der Waals surface area contributed by atoms with Crippen LogP contribution in [0.15, 0.2) is 83.8 Å². The minimum absolute atomic E-state index is 0.133. The fourth-order valence-corrected chi connectivity index (χ4v) is 4.15. The maximum Gasteiger partial charge on any atom is 0.293 e. The van der Waals surface area contributed by atoms with E-state index in [-0.39, 0.29) is 17.1 Å². The van der Waals surface area contributed by atoms with E-state index in [0.29, 0.717) is 30.1 Å². The fourth-order valence-electron chi connectivity index (χ4n) is 3.31. The van der Waals surface area contributed by atoms with E-state index in [0.717, 1.165) is 22.4 Å². The Balaban J connectivity index is 1.40. The molecule has 9 heteroatoms. The van der Waals surface area contributed by atoms with E-state index >= 15 is 0 Å². The molecule has 0 aliphatic carbocycles. The van der Waals surface area contributed by atoms with Crippen LogP contribution in [0, 0.1) is 10.1 Å². The molecule has 2 amide bonds. The highest BCUT2D eigenvalue weighted by molar-refractivity contribution is 8.18. The summed E-state index contributed by atoms with van der Waals surface area (Å²) >= 11 is 0.803. The number of carbonyl (C=O) groups excluding carboxylic acids is 2. The molecule has 1 saturated heterocycles. The maximum absolute atomic E-state index is 12.8. The van der Waals surface area contributed by atoms with Crippen molar-refractivity contribution < 1.29 is 24.0 Å². The van der Waals surface area contributed by atoms with Crippen molar-refractivity contribution in [1.82, 2.24) is 4.90 Å². The second kappa shape index (κ2) is 10.7. The Morgan fingerprint density at radius 1 is 0.882 bits per heavy atom. The number of imide groups is 1. The summed E-state index contributed by atoms with van der Waals surface area (Å²) in [7, 11) is 0. The van der Waals surface area contributed by atoms with Gasteiger partial charge in [-0.3, -0.25) is 24.6 Å². The van der Waals surface area contributed by atoms with Crippen LogP contribution in [0.2, 0.25) is 0 Å². The lowest BCUT2D eigenvalue weighted by Gasteiger charge is -2.12. The first-order valence-corrected chi connectivity index (χ1v) is 11.2. The van der Waals surface area contributed by atoms with Gasteiger partial charge < -0.3 is 9.47 Å². The number of nitro benzene ring substituents is 1. The highest BCUT2D eigenvalue weighted by atomic mass is 32.2. The molecular formula is C25H20N2O6S. The second-order valence-electron chi connectivity index (χ2n) is 7.24. The van der Waals surface area contributed by atoms with Crippen LogP contribution in [0.25, 0.3) is 6.08 Å². The van der Waals surface area contributed by atoms with Crippen LogP contribution < -0.4 is 9.47 Å². The number of hydrogen-bond acceptors (Lipinski definition) is 7. The number of amides is 2. The van der Waals surface area contributed by atoms with Crippen molar-refractivity contribution in [2.45, 2.75) is 6.54 Å². The molecule has 1 aliphatic heterocycles. The van der Waals surface area contributed by atoms with Gasteiger partial charge in [0.1, 0.15) is 24.7 Å². The lowest BCUT2D eigenvalue weighted by atomic mass is 10.1. The minimum atomic E-state index is -0.527. The minimum Gasteiger partial charge on any atom is -0.490 e. The van der Waals surface area contributed by atoms with E-state index in [2.05, 4.69) is 0 Å². The smallest absolute Gasteiger partial charge is 0.293 e. The van der Waals surface area contributed by atoms with E-state index in [1.807, 2.05) is 30.3 Å². The van der Waals surface area contributed by atoms with Gasteiger partial charge in [0.2, 0.25) is 0 Å². The van der Waals surface area contributed by atoms with E-state index in [1.165, 1.54) is 18.2 Å². The molecule has 3 aromatic carbocycles. The molecule has 1 fully saturated rings. The Labute approximate surface area is 199 Å². The number of carbonyl (C=O) groups is 2. The molecule has 4 rings (SSSR count). The highest BCUT2D eigenvalue weighted by Gasteiger charge is 2.36. The monoisotopic (exact) mass is 476 g/mol. The third-order valence-electron chi connectivity index (χ3n) is 4.91. The molecule has 1 heterocycles. The summed E-state index contributed by atoms with van der Waals surface area (Å²) in [4.78, 5) is 37.3. The summed E-state index contributed by atoms with van der Waals surface area (Å²) in [5, 5.41) is 10.8. The van der Waals surface area contributed by atoms with E-state index in [9.17, 15) is 19.7 Å². The average molecular weight is 477 g/mol. The third-order valence-corrected chi connectivity index (χ3v) is 5.82. The summed E-state index contributed by atoms with van der Waals surface area (Å²) < 4.78 is 11.3. The summed E-state index contributed by atoms with van der Waals surface area (Å²) in [6.07, 6.45) is 1.61. The predicted octanol–water partition coefficient (Wildman–Crippen LogP) is 5.29. The van der Waals surface area contributed by atoms with E-state index in [4.69, 9.17) is 9.47 Å². The van der Waals surface area contributed by atoms with Crippen molar-refractivity contribution in [2.24, 2.45) is 0 Å². The normalized spacial score (nSPS) is 14.5. The van der Waals surface area contributed by atoms with Crippen LogP contribution in [0.1, 0.15) is 11.1 Å². The van der Waals surface area contributed by atoms with Gasteiger partial charge in [0.05, 0.1) is 16.4 Å². The number of benzene rings is 3. The first-order chi connectivity index (χ1) is 16.5. The Kier molecular flexibility index (Phi) is 7.24. The van der Waals surface area contributed by atoms with Crippen LogP contribution in [0.3, 0.4) is 0 Å². The third kappa shape index (κ3) is 5.62. The molecule has 0 atom stereocenters. The Morgan fingerprint density at radius 2 is 1.56 bits per heavy atom. The van der Waals surface area contributed by atoms with Gasteiger partial charge in [-0.2, -0.15) is 0 Å². The van der Waals surface area contributed by atoms with Crippen molar-refractivity contribution in [3.05, 3.63) is 105 Å². The number of para-hydroxylation sites is 2. The molecule has 3 aromatic rings. The lowest BCUT2D eigenvalue weighted by molar-refractivity contribution is -0.385. The van der Waals surface area contributed by atoms with Crippen LogP contribution in [-0.2, 0) is 11.3 Å². The first-order valence-electron chi connectivity index (χ1n) is 10.4. The van der Waals surface area contributed by atoms with Gasteiger partial charge in [-0.25, -0.2) is 0 Å². The molecule has 1 aliphatic rings. The van der Waals surface area contributed by atoms with E-state index < -0.39 is 16.1 Å². The van der Waals surface area contributed by atoms with Gasteiger partial charge in [0.25, 0.3) is 16.8 Å². The summed E-state index contributed by atoms with van der Waals surface area (Å²) in [5.74, 6) is 0.872. The molecule has 0 radical (unpaired) electrons. The Hall–Kier alpha value is -4.11. The maximum atomic E-state index is 12.8. The molecule has 0 saturated carbocycles. The molecule has 34 heavy (non-hydrogen) atoms. The molecule has 0 spiro atoms. The van der Waals surface area contributed by atoms with Gasteiger partial charge in [-0.15, -0.1) is 0 Å². The number of rotatable bonds is 9. The highest BCUT2D eigenvalue weighted by Crippen LogP contribution is 2.34. The fraction of sp³-hybridized carbons (Fsp3) is 0.120. The van der Waals surface area contributed by atoms with Gasteiger partial charge in [0, 0.05) is 11.6 Å². The zero-order chi connectivity index (χ0) is 23.9. The van der Waals surface area contributed by atoms with Gasteiger partial charge in [-0.1, -0.05) is 48.5 Å². The lowest BCUT2D eigenvalue weighted by Crippen LogP contribution is -2.27. The van der Waals surface area contributed by atoms with E-state index in [1.54, 1.807) is 36.4 Å². The van der Waals surface area contributed by atoms with Gasteiger partial charge in [0.15, 0.2) is 0 Å². The summed E-state index contributed by atoms with van der Waals surface area (Å²) in [6.45, 7) is 0.549. The zero-order valence-corrected chi connectivity index (χ0v) is 18.8. The molecular weight excluding hydrogens is 456 g/mol. The van der Waals surface area contributed by atoms with Crippen molar-refractivity contribution in [3.63, 3.8) is 0 Å². The van der Waals surface area contributed by atoms with Crippen LogP contribution in [-0.4, -0.2) is 34.2 Å². The molecule has 0 unspecified atom stereocenters. The molecule has 172 valence electrons. The second-order valence-corrected chi connectivity index (χ2v) is 8.23. The van der Waals surface area contributed by atoms with Crippen molar-refractivity contribution in [3.8, 4) is 11.5 Å². The van der Waals surface area contributed by atoms with Crippen molar-refractivity contribution in [1.29, 1.82) is 0 Å². The molecule has 0 N–H and O–H groups in total. The van der Waals surface area contributed by atoms with Crippen LogP contribution in [0.4, 0.5) is 10.5 Å². The topological polar surface area (TPSA) is 99.0 Å². The molecule has 8 nitrogen and oxygen atoms in total. The molecule has 0 aromatic heterocycles. The molecule has 0 bridgehead atoms. The summed E-state index contributed by atoms with van der Waals surface area (Å²) in [5.41, 5.74) is 0.855. The van der Waals surface area contributed by atoms with Gasteiger partial charge in [-0.05, 0) is 47.7 Å². The predicted molar refractivity (Wildman–Crippen MR) is 128 cm³/mol.